The second kappa shape index (κ2) is 4.84. The fraction of sp³-hybridized carbons (Fsp3) is 0.250. The Balaban J connectivity index is 1.62. The first-order valence-electron chi connectivity index (χ1n) is 6.39. The van der Waals surface area contributed by atoms with Crippen LogP contribution in [0.25, 0.3) is 0 Å². The largest absolute Gasteiger partial charge is 0.508 e. The van der Waals surface area contributed by atoms with Gasteiger partial charge in [0.25, 0.3) is 0 Å². The van der Waals surface area contributed by atoms with E-state index < -0.39 is 0 Å². The summed E-state index contributed by atoms with van der Waals surface area (Å²) in [4.78, 5) is 0. The zero-order chi connectivity index (χ0) is 13.2. The maximum atomic E-state index is 9.37. The van der Waals surface area contributed by atoms with Gasteiger partial charge in [-0.3, -0.25) is 0 Å². The van der Waals surface area contributed by atoms with Gasteiger partial charge in [0.2, 0.25) is 0 Å². The Morgan fingerprint density at radius 1 is 1.26 bits per heavy atom. The summed E-state index contributed by atoms with van der Waals surface area (Å²) in [6.07, 6.45) is 0.912. The van der Waals surface area contributed by atoms with Crippen LogP contribution in [0.3, 0.4) is 0 Å². The van der Waals surface area contributed by atoms with E-state index in [1.165, 1.54) is 11.1 Å². The minimum Gasteiger partial charge on any atom is -0.508 e. The molecule has 3 rings (SSSR count). The van der Waals surface area contributed by atoms with Crippen LogP contribution in [0.2, 0.25) is 0 Å². The third kappa shape index (κ3) is 2.65. The molecule has 0 saturated heterocycles. The fourth-order valence-corrected chi connectivity index (χ4v) is 2.30. The fourth-order valence-electron chi connectivity index (χ4n) is 2.30. The van der Waals surface area contributed by atoms with Crippen LogP contribution < -0.4 is 9.47 Å². The summed E-state index contributed by atoms with van der Waals surface area (Å²) in [7, 11) is 0. The molecule has 98 valence electrons. The molecule has 0 aromatic heterocycles. The molecule has 0 amide bonds. The molecule has 0 fully saturated rings. The van der Waals surface area contributed by atoms with Crippen molar-refractivity contribution in [3.63, 3.8) is 0 Å². The number of benzene rings is 2. The van der Waals surface area contributed by atoms with E-state index in [1.807, 2.05) is 12.1 Å². The number of rotatable bonds is 3. The van der Waals surface area contributed by atoms with Crippen molar-refractivity contribution in [1.82, 2.24) is 0 Å². The summed E-state index contributed by atoms with van der Waals surface area (Å²) in [5.41, 5.74) is 2.49. The van der Waals surface area contributed by atoms with Gasteiger partial charge in [-0.25, -0.2) is 0 Å². The molecule has 1 heterocycles. The van der Waals surface area contributed by atoms with E-state index in [1.54, 1.807) is 18.2 Å². The highest BCUT2D eigenvalue weighted by Gasteiger charge is 2.23. The number of phenolic OH excluding ortho intramolecular Hbond substituents is 1. The van der Waals surface area contributed by atoms with E-state index >= 15 is 0 Å². The standard InChI is InChI=1S/C16H16O3/c1-11-5-6-16-12(7-11)8-15(19-16)10-18-14-4-2-3-13(17)9-14/h2-7,9,15,17H,8,10H2,1H3. The average molecular weight is 256 g/mol. The third-order valence-corrected chi connectivity index (χ3v) is 3.21. The molecule has 1 unspecified atom stereocenters. The van der Waals surface area contributed by atoms with Crippen LogP contribution in [-0.4, -0.2) is 17.8 Å². The van der Waals surface area contributed by atoms with E-state index in [0.29, 0.717) is 12.4 Å². The number of aryl methyl sites for hydroxylation is 1. The van der Waals surface area contributed by atoms with Crippen molar-refractivity contribution >= 4 is 0 Å². The SMILES string of the molecule is Cc1ccc2c(c1)CC(COc1cccc(O)c1)O2. The van der Waals surface area contributed by atoms with Crippen molar-refractivity contribution in [3.05, 3.63) is 53.6 Å². The van der Waals surface area contributed by atoms with Crippen LogP contribution in [0, 0.1) is 6.92 Å². The van der Waals surface area contributed by atoms with E-state index in [-0.39, 0.29) is 11.9 Å². The first-order valence-corrected chi connectivity index (χ1v) is 6.39. The summed E-state index contributed by atoms with van der Waals surface area (Å²) in [5.74, 6) is 1.83. The number of ether oxygens (including phenoxy) is 2. The van der Waals surface area contributed by atoms with Crippen molar-refractivity contribution in [2.45, 2.75) is 19.4 Å². The zero-order valence-electron chi connectivity index (χ0n) is 10.8. The monoisotopic (exact) mass is 256 g/mol. The van der Waals surface area contributed by atoms with Crippen LogP contribution >= 0.6 is 0 Å². The van der Waals surface area contributed by atoms with Crippen molar-refractivity contribution in [1.29, 1.82) is 0 Å². The van der Waals surface area contributed by atoms with Gasteiger partial charge in [-0.15, -0.1) is 0 Å². The highest BCUT2D eigenvalue weighted by Crippen LogP contribution is 2.30. The Morgan fingerprint density at radius 3 is 3.00 bits per heavy atom. The van der Waals surface area contributed by atoms with Gasteiger partial charge < -0.3 is 14.6 Å². The Kier molecular flexibility index (Phi) is 3.03. The van der Waals surface area contributed by atoms with Crippen molar-refractivity contribution in [2.75, 3.05) is 6.61 Å². The lowest BCUT2D eigenvalue weighted by molar-refractivity contribution is 0.148. The molecule has 1 aliphatic heterocycles. The molecule has 0 bridgehead atoms. The van der Waals surface area contributed by atoms with Crippen LogP contribution in [0.5, 0.6) is 17.2 Å². The Morgan fingerprint density at radius 2 is 2.16 bits per heavy atom. The quantitative estimate of drug-likeness (QED) is 0.917. The number of aromatic hydroxyl groups is 1. The van der Waals surface area contributed by atoms with E-state index in [2.05, 4.69) is 19.1 Å². The molecule has 0 saturated carbocycles. The first kappa shape index (κ1) is 11.9. The van der Waals surface area contributed by atoms with E-state index in [0.717, 1.165) is 12.2 Å². The molecule has 2 aromatic rings. The van der Waals surface area contributed by atoms with Gasteiger partial charge in [-0.2, -0.15) is 0 Å². The lowest BCUT2D eigenvalue weighted by Crippen LogP contribution is -2.22. The summed E-state index contributed by atoms with van der Waals surface area (Å²) in [6.45, 7) is 2.56. The molecule has 1 N–H and O–H groups in total. The normalized spacial score (nSPS) is 16.8. The van der Waals surface area contributed by atoms with Crippen molar-refractivity contribution in [3.8, 4) is 17.2 Å². The lowest BCUT2D eigenvalue weighted by atomic mass is 10.1. The highest BCUT2D eigenvalue weighted by atomic mass is 16.5. The first-order chi connectivity index (χ1) is 9.20. The van der Waals surface area contributed by atoms with Gasteiger partial charge in [0.1, 0.15) is 30.0 Å². The molecule has 2 aromatic carbocycles. The molecule has 1 atom stereocenters. The van der Waals surface area contributed by atoms with Crippen molar-refractivity contribution < 1.29 is 14.6 Å². The second-order valence-corrected chi connectivity index (χ2v) is 4.86. The summed E-state index contributed by atoms with van der Waals surface area (Å²) >= 11 is 0. The van der Waals surface area contributed by atoms with Gasteiger partial charge in [0, 0.05) is 12.5 Å². The highest BCUT2D eigenvalue weighted by molar-refractivity contribution is 5.40. The van der Waals surface area contributed by atoms with E-state index in [9.17, 15) is 5.11 Å². The molecule has 19 heavy (non-hydrogen) atoms. The summed E-state index contributed by atoms with van der Waals surface area (Å²) in [6, 6.07) is 13.0. The average Bonchev–Trinajstić information content (AvgIpc) is 2.78. The Labute approximate surface area is 112 Å². The predicted octanol–water partition coefficient (Wildman–Crippen LogP) is 3.08. The van der Waals surface area contributed by atoms with Gasteiger partial charge in [0.15, 0.2) is 0 Å². The van der Waals surface area contributed by atoms with Gasteiger partial charge in [0.05, 0.1) is 0 Å². The number of hydrogen-bond donors (Lipinski definition) is 1. The number of hydrogen-bond acceptors (Lipinski definition) is 3. The molecular weight excluding hydrogens is 240 g/mol. The van der Waals surface area contributed by atoms with Crippen LogP contribution in [0.4, 0.5) is 0 Å². The molecule has 3 heteroatoms. The van der Waals surface area contributed by atoms with Crippen LogP contribution in [0.1, 0.15) is 11.1 Å². The van der Waals surface area contributed by atoms with Crippen molar-refractivity contribution in [2.24, 2.45) is 0 Å². The third-order valence-electron chi connectivity index (χ3n) is 3.21. The van der Waals surface area contributed by atoms with Crippen LogP contribution in [0.15, 0.2) is 42.5 Å². The maximum absolute atomic E-state index is 9.37. The van der Waals surface area contributed by atoms with E-state index in [4.69, 9.17) is 9.47 Å². The number of fused-ring (bicyclic) bond motifs is 1. The molecular formula is C16H16O3. The second-order valence-electron chi connectivity index (χ2n) is 4.86. The minimum atomic E-state index is 0.0409. The minimum absolute atomic E-state index is 0.0409. The maximum Gasteiger partial charge on any atom is 0.137 e. The summed E-state index contributed by atoms with van der Waals surface area (Å²) < 4.78 is 11.5. The Hall–Kier alpha value is -2.16. The predicted molar refractivity (Wildman–Crippen MR) is 72.9 cm³/mol. The lowest BCUT2D eigenvalue weighted by Gasteiger charge is -2.12. The number of phenols is 1. The Bertz CT molecular complexity index is 592. The molecule has 3 nitrogen and oxygen atoms in total. The molecule has 0 spiro atoms. The smallest absolute Gasteiger partial charge is 0.137 e. The van der Waals surface area contributed by atoms with Crippen LogP contribution in [-0.2, 0) is 6.42 Å². The van der Waals surface area contributed by atoms with Gasteiger partial charge >= 0.3 is 0 Å². The zero-order valence-corrected chi connectivity index (χ0v) is 10.8. The molecule has 1 aliphatic rings. The van der Waals surface area contributed by atoms with Gasteiger partial charge in [-0.05, 0) is 30.7 Å². The topological polar surface area (TPSA) is 38.7 Å². The van der Waals surface area contributed by atoms with Gasteiger partial charge in [-0.1, -0.05) is 23.8 Å². The molecule has 0 aliphatic carbocycles. The summed E-state index contributed by atoms with van der Waals surface area (Å²) in [5, 5.41) is 9.37. The molecule has 0 radical (unpaired) electrons.